The summed E-state index contributed by atoms with van der Waals surface area (Å²) in [6.07, 6.45) is 2.85. The first-order valence-electron chi connectivity index (χ1n) is 7.15. The average Bonchev–Trinajstić information content (AvgIpc) is 2.65. The van der Waals surface area contributed by atoms with Crippen LogP contribution in [0.1, 0.15) is 44.6 Å². The Bertz CT molecular complexity index is 539. The zero-order valence-electron chi connectivity index (χ0n) is 12.0. The highest BCUT2D eigenvalue weighted by atomic mass is 32.2. The molecule has 0 radical (unpaired) electrons. The summed E-state index contributed by atoms with van der Waals surface area (Å²) in [5.74, 6) is -0.0966. The maximum Gasteiger partial charge on any atom is 0.216 e. The number of halogens is 1. The van der Waals surface area contributed by atoms with E-state index in [2.05, 4.69) is 0 Å². The zero-order chi connectivity index (χ0) is 14.8. The van der Waals surface area contributed by atoms with Crippen LogP contribution in [0.2, 0.25) is 0 Å². The van der Waals surface area contributed by atoms with E-state index in [0.29, 0.717) is 13.1 Å². The topological polar surface area (TPSA) is 37.4 Å². The third kappa shape index (κ3) is 3.38. The van der Waals surface area contributed by atoms with Gasteiger partial charge in [-0.05, 0) is 50.3 Å². The van der Waals surface area contributed by atoms with Crippen LogP contribution in [-0.2, 0) is 10.0 Å². The van der Waals surface area contributed by atoms with Crippen molar-refractivity contribution in [2.45, 2.75) is 44.3 Å². The molecule has 1 atom stereocenters. The first-order chi connectivity index (χ1) is 9.41. The van der Waals surface area contributed by atoms with Crippen molar-refractivity contribution in [2.75, 3.05) is 13.1 Å². The molecule has 1 aromatic rings. The number of sulfonamides is 1. The summed E-state index contributed by atoms with van der Waals surface area (Å²) in [6, 6.07) is 6.43. The maximum absolute atomic E-state index is 13.0. The number of benzene rings is 1. The van der Waals surface area contributed by atoms with E-state index in [4.69, 9.17) is 0 Å². The Labute approximate surface area is 120 Å². The second-order valence-corrected chi connectivity index (χ2v) is 8.19. The fourth-order valence-electron chi connectivity index (χ4n) is 2.64. The van der Waals surface area contributed by atoms with E-state index in [1.807, 2.05) is 0 Å². The fourth-order valence-corrected chi connectivity index (χ4v) is 4.01. The summed E-state index contributed by atoms with van der Waals surface area (Å²) < 4.78 is 39.3. The van der Waals surface area contributed by atoms with E-state index in [-0.39, 0.29) is 11.7 Å². The molecule has 1 aromatic carbocycles. The Hall–Kier alpha value is -0.940. The molecular formula is C15H22FNO2S. The monoisotopic (exact) mass is 299 g/mol. The van der Waals surface area contributed by atoms with Gasteiger partial charge in [-0.2, -0.15) is 0 Å². The molecule has 0 bridgehead atoms. The summed E-state index contributed by atoms with van der Waals surface area (Å²) >= 11 is 0. The molecule has 1 heterocycles. The van der Waals surface area contributed by atoms with Crippen molar-refractivity contribution in [1.82, 2.24) is 4.31 Å². The molecule has 1 aliphatic heterocycles. The van der Waals surface area contributed by atoms with Crippen molar-refractivity contribution in [2.24, 2.45) is 0 Å². The summed E-state index contributed by atoms with van der Waals surface area (Å²) in [7, 11) is -3.21. The van der Waals surface area contributed by atoms with Crippen LogP contribution in [0, 0.1) is 5.82 Å². The molecule has 0 amide bonds. The highest BCUT2D eigenvalue weighted by Crippen LogP contribution is 2.28. The first kappa shape index (κ1) is 15.4. The Morgan fingerprint density at radius 1 is 1.20 bits per heavy atom. The minimum absolute atomic E-state index is 0.159. The third-order valence-electron chi connectivity index (χ3n) is 3.93. The van der Waals surface area contributed by atoms with Crippen molar-refractivity contribution in [3.8, 4) is 0 Å². The van der Waals surface area contributed by atoms with Crippen molar-refractivity contribution in [3.63, 3.8) is 0 Å². The van der Waals surface area contributed by atoms with Gasteiger partial charge in [0.15, 0.2) is 0 Å². The van der Waals surface area contributed by atoms with Crippen molar-refractivity contribution >= 4 is 10.0 Å². The van der Waals surface area contributed by atoms with Crippen LogP contribution < -0.4 is 0 Å². The van der Waals surface area contributed by atoms with Gasteiger partial charge in [0.2, 0.25) is 10.0 Å². The van der Waals surface area contributed by atoms with Crippen molar-refractivity contribution < 1.29 is 12.8 Å². The Morgan fingerprint density at radius 2 is 1.85 bits per heavy atom. The van der Waals surface area contributed by atoms with Crippen LogP contribution in [0.15, 0.2) is 24.3 Å². The van der Waals surface area contributed by atoms with E-state index >= 15 is 0 Å². The van der Waals surface area contributed by atoms with Gasteiger partial charge in [-0.15, -0.1) is 0 Å². The molecule has 20 heavy (non-hydrogen) atoms. The molecule has 0 spiro atoms. The average molecular weight is 299 g/mol. The predicted octanol–water partition coefficient (Wildman–Crippen LogP) is 3.13. The lowest BCUT2D eigenvalue weighted by Crippen LogP contribution is -2.38. The van der Waals surface area contributed by atoms with E-state index in [1.54, 1.807) is 30.3 Å². The molecule has 1 saturated heterocycles. The van der Waals surface area contributed by atoms with Gasteiger partial charge in [0.05, 0.1) is 5.25 Å². The summed E-state index contributed by atoms with van der Waals surface area (Å²) in [4.78, 5) is 0. The minimum atomic E-state index is -3.21. The van der Waals surface area contributed by atoms with E-state index in [1.165, 1.54) is 12.1 Å². The fraction of sp³-hybridized carbons (Fsp3) is 0.600. The maximum atomic E-state index is 13.0. The largest absolute Gasteiger partial charge is 0.216 e. The van der Waals surface area contributed by atoms with Gasteiger partial charge in [0.25, 0.3) is 0 Å². The van der Waals surface area contributed by atoms with Crippen LogP contribution in [0.3, 0.4) is 0 Å². The lowest BCUT2D eigenvalue weighted by atomic mass is 9.95. The second-order valence-electron chi connectivity index (χ2n) is 5.70. The molecule has 1 unspecified atom stereocenters. The van der Waals surface area contributed by atoms with E-state index in [9.17, 15) is 12.8 Å². The molecule has 5 heteroatoms. The van der Waals surface area contributed by atoms with E-state index < -0.39 is 15.3 Å². The quantitative estimate of drug-likeness (QED) is 0.860. The van der Waals surface area contributed by atoms with Crippen molar-refractivity contribution in [3.05, 3.63) is 35.6 Å². The Balaban J connectivity index is 2.21. The lowest BCUT2D eigenvalue weighted by molar-refractivity contribution is 0.401. The second kappa shape index (κ2) is 6.22. The highest BCUT2D eigenvalue weighted by Gasteiger charge is 2.30. The van der Waals surface area contributed by atoms with Crippen LogP contribution in [-0.4, -0.2) is 31.1 Å². The summed E-state index contributed by atoms with van der Waals surface area (Å²) in [5.41, 5.74) is 1.03. The third-order valence-corrected chi connectivity index (χ3v) is 6.17. The van der Waals surface area contributed by atoms with Gasteiger partial charge < -0.3 is 0 Å². The first-order valence-corrected chi connectivity index (χ1v) is 8.66. The van der Waals surface area contributed by atoms with Gasteiger partial charge in [-0.25, -0.2) is 17.1 Å². The molecule has 2 rings (SSSR count). The SMILES string of the molecule is CC(C)S(=O)(=O)N1CCCCC(c2ccc(F)cc2)C1. The van der Waals surface area contributed by atoms with Crippen LogP contribution in [0.5, 0.6) is 0 Å². The normalized spacial score (nSPS) is 21.9. The molecule has 0 saturated carbocycles. The van der Waals surface area contributed by atoms with Gasteiger partial charge >= 0.3 is 0 Å². The molecule has 0 aromatic heterocycles. The molecule has 112 valence electrons. The molecule has 0 N–H and O–H groups in total. The van der Waals surface area contributed by atoms with Crippen LogP contribution >= 0.6 is 0 Å². The predicted molar refractivity (Wildman–Crippen MR) is 78.6 cm³/mol. The number of rotatable bonds is 3. The van der Waals surface area contributed by atoms with Gasteiger partial charge in [-0.3, -0.25) is 0 Å². The Morgan fingerprint density at radius 3 is 2.45 bits per heavy atom. The number of hydrogen-bond acceptors (Lipinski definition) is 2. The Kier molecular flexibility index (Phi) is 4.81. The van der Waals surface area contributed by atoms with E-state index in [0.717, 1.165) is 24.8 Å². The lowest BCUT2D eigenvalue weighted by Gasteiger charge is -2.26. The standard InChI is InChI=1S/C15H22FNO2S/c1-12(2)20(18,19)17-10-4-3-5-14(11-17)13-6-8-15(16)9-7-13/h6-9,12,14H,3-5,10-11H2,1-2H3. The summed E-state index contributed by atoms with van der Waals surface area (Å²) in [6.45, 7) is 4.53. The van der Waals surface area contributed by atoms with Gasteiger partial charge in [0, 0.05) is 13.1 Å². The molecule has 1 aliphatic rings. The smallest absolute Gasteiger partial charge is 0.212 e. The van der Waals surface area contributed by atoms with Gasteiger partial charge in [0.1, 0.15) is 5.82 Å². The molecule has 3 nitrogen and oxygen atoms in total. The highest BCUT2D eigenvalue weighted by molar-refractivity contribution is 7.89. The molecular weight excluding hydrogens is 277 g/mol. The van der Waals surface area contributed by atoms with Gasteiger partial charge in [-0.1, -0.05) is 18.6 Å². The van der Waals surface area contributed by atoms with Crippen molar-refractivity contribution in [1.29, 1.82) is 0 Å². The summed E-state index contributed by atoms with van der Waals surface area (Å²) in [5, 5.41) is -0.394. The number of nitrogens with zero attached hydrogens (tertiary/aromatic N) is 1. The van der Waals surface area contributed by atoms with Crippen LogP contribution in [0.25, 0.3) is 0 Å². The minimum Gasteiger partial charge on any atom is -0.212 e. The zero-order valence-corrected chi connectivity index (χ0v) is 12.9. The molecule has 1 fully saturated rings. The molecule has 0 aliphatic carbocycles. The number of hydrogen-bond donors (Lipinski definition) is 0. The van der Waals surface area contributed by atoms with Crippen LogP contribution in [0.4, 0.5) is 4.39 Å².